The van der Waals surface area contributed by atoms with Gasteiger partial charge in [-0.2, -0.15) is 0 Å². The minimum atomic E-state index is 0.864. The van der Waals surface area contributed by atoms with Crippen molar-refractivity contribution in [1.29, 1.82) is 0 Å². The monoisotopic (exact) mass is 739 g/mol. The Balaban J connectivity index is 1.13. The van der Waals surface area contributed by atoms with Gasteiger partial charge in [0.1, 0.15) is 11.2 Å². The van der Waals surface area contributed by atoms with Crippen molar-refractivity contribution in [2.45, 2.75) is 0 Å². The van der Waals surface area contributed by atoms with Gasteiger partial charge >= 0.3 is 0 Å². The van der Waals surface area contributed by atoms with Crippen molar-refractivity contribution in [3.8, 4) is 44.5 Å². The molecule has 2 nitrogen and oxygen atoms in total. The Hall–Kier alpha value is -7.68. The van der Waals surface area contributed by atoms with E-state index in [1.165, 1.54) is 38.2 Å². The van der Waals surface area contributed by atoms with E-state index < -0.39 is 0 Å². The average Bonchev–Trinajstić information content (AvgIpc) is 3.70. The number of fused-ring (bicyclic) bond motifs is 5. The fourth-order valence-electron chi connectivity index (χ4n) is 8.60. The molecule has 0 radical (unpaired) electrons. The first-order valence-electron chi connectivity index (χ1n) is 19.8. The van der Waals surface area contributed by atoms with Crippen LogP contribution in [0.1, 0.15) is 0 Å². The summed E-state index contributed by atoms with van der Waals surface area (Å²) in [7, 11) is 0. The quantitative estimate of drug-likeness (QED) is 0.162. The first-order chi connectivity index (χ1) is 28.7. The number of para-hydroxylation sites is 1. The third-order valence-electron chi connectivity index (χ3n) is 11.4. The molecule has 0 N–H and O–H groups in total. The Morgan fingerprint density at radius 2 is 0.845 bits per heavy atom. The van der Waals surface area contributed by atoms with E-state index >= 15 is 0 Å². The number of anilines is 3. The Bertz CT molecular complexity index is 3280. The van der Waals surface area contributed by atoms with Gasteiger partial charge in [0.25, 0.3) is 0 Å². The lowest BCUT2D eigenvalue weighted by Crippen LogP contribution is -2.11. The van der Waals surface area contributed by atoms with Crippen LogP contribution in [0.25, 0.3) is 88.0 Å². The van der Waals surface area contributed by atoms with Gasteiger partial charge in [-0.3, -0.25) is 0 Å². The summed E-state index contributed by atoms with van der Waals surface area (Å²) >= 11 is 0. The van der Waals surface area contributed by atoms with Crippen molar-refractivity contribution in [3.63, 3.8) is 0 Å². The maximum Gasteiger partial charge on any atom is 0.145 e. The van der Waals surface area contributed by atoms with Crippen LogP contribution in [0.4, 0.5) is 17.1 Å². The standard InChI is InChI=1S/C56H37NO/c1-2-13-38(14-3-1)40-27-29-41(30-28-40)44-19-10-21-47(36-44)57(48-22-11-20-45(37-48)46-32-31-39-15-4-5-17-43(39)35-46)53-34-33-51(50-25-12-18-42-16-6-7-23-49(42)50)56-55(53)52-24-8-9-26-54(52)58-56/h1-37H. The lowest BCUT2D eigenvalue weighted by atomic mass is 9.95. The third kappa shape index (κ3) is 5.91. The first kappa shape index (κ1) is 33.6. The molecule has 11 aromatic rings. The molecule has 0 saturated carbocycles. The summed E-state index contributed by atoms with van der Waals surface area (Å²) < 4.78 is 6.90. The molecular formula is C56H37NO. The van der Waals surface area contributed by atoms with Crippen molar-refractivity contribution in [3.05, 3.63) is 224 Å². The molecule has 58 heavy (non-hydrogen) atoms. The smallest absolute Gasteiger partial charge is 0.145 e. The maximum atomic E-state index is 6.90. The molecule has 1 heterocycles. The molecule has 272 valence electrons. The van der Waals surface area contributed by atoms with Crippen LogP contribution in [0.5, 0.6) is 0 Å². The zero-order valence-electron chi connectivity index (χ0n) is 31.7. The summed E-state index contributed by atoms with van der Waals surface area (Å²) in [5, 5.41) is 7.02. The molecule has 0 atom stereocenters. The van der Waals surface area contributed by atoms with Crippen LogP contribution in [0.15, 0.2) is 229 Å². The van der Waals surface area contributed by atoms with Gasteiger partial charge in [0.05, 0.1) is 11.1 Å². The molecule has 0 aliphatic heterocycles. The molecule has 0 spiro atoms. The second-order valence-electron chi connectivity index (χ2n) is 14.9. The van der Waals surface area contributed by atoms with Crippen molar-refractivity contribution < 1.29 is 4.42 Å². The van der Waals surface area contributed by atoms with E-state index in [0.29, 0.717) is 0 Å². The highest BCUT2D eigenvalue weighted by Gasteiger charge is 2.23. The molecule has 0 fully saturated rings. The minimum Gasteiger partial charge on any atom is -0.455 e. The van der Waals surface area contributed by atoms with E-state index in [1.807, 2.05) is 0 Å². The maximum absolute atomic E-state index is 6.90. The van der Waals surface area contributed by atoms with Gasteiger partial charge in [-0.15, -0.1) is 0 Å². The van der Waals surface area contributed by atoms with Gasteiger partial charge in [-0.1, -0.05) is 176 Å². The van der Waals surface area contributed by atoms with Gasteiger partial charge in [-0.25, -0.2) is 0 Å². The Morgan fingerprint density at radius 1 is 0.310 bits per heavy atom. The van der Waals surface area contributed by atoms with Crippen LogP contribution in [0, 0.1) is 0 Å². The van der Waals surface area contributed by atoms with Crippen LogP contribution in [-0.4, -0.2) is 0 Å². The zero-order chi connectivity index (χ0) is 38.4. The molecule has 0 aliphatic carbocycles. The van der Waals surface area contributed by atoms with Crippen molar-refractivity contribution in [2.75, 3.05) is 4.90 Å². The summed E-state index contributed by atoms with van der Waals surface area (Å²) in [5.41, 5.74) is 14.2. The molecule has 2 heteroatoms. The topological polar surface area (TPSA) is 16.4 Å². The highest BCUT2D eigenvalue weighted by atomic mass is 16.3. The predicted molar refractivity (Wildman–Crippen MR) is 245 cm³/mol. The molecule has 0 bridgehead atoms. The third-order valence-corrected chi connectivity index (χ3v) is 11.4. The second-order valence-corrected chi connectivity index (χ2v) is 14.9. The number of hydrogen-bond donors (Lipinski definition) is 0. The van der Waals surface area contributed by atoms with E-state index in [-0.39, 0.29) is 0 Å². The molecule has 11 rings (SSSR count). The van der Waals surface area contributed by atoms with Gasteiger partial charge in [0.15, 0.2) is 0 Å². The lowest BCUT2D eigenvalue weighted by molar-refractivity contribution is 0.670. The van der Waals surface area contributed by atoms with Crippen molar-refractivity contribution in [2.24, 2.45) is 0 Å². The summed E-state index contributed by atoms with van der Waals surface area (Å²) in [6, 6.07) is 80.6. The van der Waals surface area contributed by atoms with E-state index in [9.17, 15) is 0 Å². The molecule has 0 amide bonds. The summed E-state index contributed by atoms with van der Waals surface area (Å²) in [6.07, 6.45) is 0. The van der Waals surface area contributed by atoms with Gasteiger partial charge in [0.2, 0.25) is 0 Å². The van der Waals surface area contributed by atoms with Crippen LogP contribution in [-0.2, 0) is 0 Å². The highest BCUT2D eigenvalue weighted by molar-refractivity contribution is 6.18. The van der Waals surface area contributed by atoms with Gasteiger partial charge in [0, 0.05) is 22.3 Å². The fourth-order valence-corrected chi connectivity index (χ4v) is 8.60. The van der Waals surface area contributed by atoms with Gasteiger partial charge in [-0.05, 0) is 109 Å². The van der Waals surface area contributed by atoms with Crippen molar-refractivity contribution >= 4 is 60.5 Å². The summed E-state index contributed by atoms with van der Waals surface area (Å²) in [4.78, 5) is 2.41. The Labute approximate surface area is 337 Å². The van der Waals surface area contributed by atoms with Crippen LogP contribution in [0.2, 0.25) is 0 Å². The fraction of sp³-hybridized carbons (Fsp3) is 0. The summed E-state index contributed by atoms with van der Waals surface area (Å²) in [6.45, 7) is 0. The number of nitrogens with zero attached hydrogens (tertiary/aromatic N) is 1. The number of benzene rings is 10. The first-order valence-corrected chi connectivity index (χ1v) is 19.8. The van der Waals surface area contributed by atoms with Crippen LogP contribution >= 0.6 is 0 Å². The molecule has 0 aliphatic rings. The summed E-state index contributed by atoms with van der Waals surface area (Å²) in [5.74, 6) is 0. The molecular weight excluding hydrogens is 703 g/mol. The zero-order valence-corrected chi connectivity index (χ0v) is 31.7. The largest absolute Gasteiger partial charge is 0.455 e. The molecule has 1 aromatic heterocycles. The molecule has 10 aromatic carbocycles. The second kappa shape index (κ2) is 14.1. The Kier molecular flexibility index (Phi) is 8.19. The van der Waals surface area contributed by atoms with Crippen molar-refractivity contribution in [1.82, 2.24) is 0 Å². The number of furan rings is 1. The lowest BCUT2D eigenvalue weighted by Gasteiger charge is -2.28. The van der Waals surface area contributed by atoms with E-state index in [0.717, 1.165) is 66.8 Å². The number of hydrogen-bond acceptors (Lipinski definition) is 2. The number of rotatable bonds is 7. The highest BCUT2D eigenvalue weighted by Crippen LogP contribution is 2.48. The normalized spacial score (nSPS) is 11.4. The SMILES string of the molecule is c1ccc(-c2ccc(-c3cccc(N(c4cccc(-c5ccc6ccccc6c5)c4)c4ccc(-c5cccc6ccccc56)c5oc6ccccc6c45)c3)cc2)cc1. The van der Waals surface area contributed by atoms with Gasteiger partial charge < -0.3 is 9.32 Å². The average molecular weight is 740 g/mol. The van der Waals surface area contributed by atoms with E-state index in [2.05, 4.69) is 229 Å². The molecule has 0 unspecified atom stereocenters. The van der Waals surface area contributed by atoms with Crippen LogP contribution in [0.3, 0.4) is 0 Å². The molecule has 0 saturated heterocycles. The van der Waals surface area contributed by atoms with E-state index in [1.54, 1.807) is 0 Å². The Morgan fingerprint density at radius 3 is 1.62 bits per heavy atom. The predicted octanol–water partition coefficient (Wildman–Crippen LogP) is 16.0. The van der Waals surface area contributed by atoms with Crippen LogP contribution < -0.4 is 4.90 Å². The minimum absolute atomic E-state index is 0.864. The van der Waals surface area contributed by atoms with E-state index in [4.69, 9.17) is 4.42 Å².